The number of pyridine rings is 1. The standard InChI is InChI=1S/C14H17N5/c1-14(2,10-16)13-4-3-11(6-17-13)8-19-9-12(5-15)7-18-19/h3-4,6-7,9H,5,8,15H2,1-2H3. The first-order chi connectivity index (χ1) is 9.05. The van der Waals surface area contributed by atoms with Crippen LogP contribution in [0.1, 0.15) is 30.7 Å². The van der Waals surface area contributed by atoms with Crippen molar-refractivity contribution in [2.45, 2.75) is 32.4 Å². The minimum atomic E-state index is -0.559. The van der Waals surface area contributed by atoms with Crippen LogP contribution in [0.4, 0.5) is 0 Å². The molecule has 2 heterocycles. The molecule has 2 rings (SSSR count). The molecule has 0 saturated carbocycles. The maximum Gasteiger partial charge on any atom is 0.0937 e. The van der Waals surface area contributed by atoms with E-state index in [2.05, 4.69) is 16.2 Å². The number of nitriles is 1. The summed E-state index contributed by atoms with van der Waals surface area (Å²) in [6, 6.07) is 6.12. The SMILES string of the molecule is CC(C)(C#N)c1ccc(Cn2cc(CN)cn2)cn1. The van der Waals surface area contributed by atoms with Crippen molar-refractivity contribution in [3.05, 3.63) is 47.5 Å². The zero-order valence-corrected chi connectivity index (χ0v) is 11.2. The van der Waals surface area contributed by atoms with Gasteiger partial charge in [0.1, 0.15) is 0 Å². The van der Waals surface area contributed by atoms with Crippen molar-refractivity contribution < 1.29 is 0 Å². The summed E-state index contributed by atoms with van der Waals surface area (Å²) >= 11 is 0. The highest BCUT2D eigenvalue weighted by molar-refractivity contribution is 5.25. The van der Waals surface area contributed by atoms with E-state index in [0.717, 1.165) is 16.8 Å². The molecule has 0 amide bonds. The van der Waals surface area contributed by atoms with E-state index in [-0.39, 0.29) is 0 Å². The zero-order valence-electron chi connectivity index (χ0n) is 11.2. The third kappa shape index (κ3) is 2.98. The van der Waals surface area contributed by atoms with Crippen LogP contribution in [-0.2, 0) is 18.5 Å². The van der Waals surface area contributed by atoms with Crippen LogP contribution >= 0.6 is 0 Å². The zero-order chi connectivity index (χ0) is 13.9. The molecule has 98 valence electrons. The summed E-state index contributed by atoms with van der Waals surface area (Å²) < 4.78 is 1.83. The Morgan fingerprint density at radius 1 is 1.32 bits per heavy atom. The summed E-state index contributed by atoms with van der Waals surface area (Å²) in [6.45, 7) is 4.86. The Morgan fingerprint density at radius 2 is 2.11 bits per heavy atom. The number of hydrogen-bond donors (Lipinski definition) is 1. The number of rotatable bonds is 4. The van der Waals surface area contributed by atoms with Crippen LogP contribution in [0.25, 0.3) is 0 Å². The molecule has 2 N–H and O–H groups in total. The van der Waals surface area contributed by atoms with Gasteiger partial charge in [0.25, 0.3) is 0 Å². The van der Waals surface area contributed by atoms with E-state index in [1.807, 2.05) is 36.9 Å². The summed E-state index contributed by atoms with van der Waals surface area (Å²) in [5, 5.41) is 13.3. The predicted octanol–water partition coefficient (Wildman–Crippen LogP) is 1.59. The fourth-order valence-corrected chi connectivity index (χ4v) is 1.73. The van der Waals surface area contributed by atoms with E-state index in [1.54, 1.807) is 12.4 Å². The molecular weight excluding hydrogens is 238 g/mol. The Hall–Kier alpha value is -2.19. The van der Waals surface area contributed by atoms with E-state index in [0.29, 0.717) is 13.1 Å². The van der Waals surface area contributed by atoms with Gasteiger partial charge in [0.15, 0.2) is 0 Å². The van der Waals surface area contributed by atoms with Crippen LogP contribution < -0.4 is 5.73 Å². The smallest absolute Gasteiger partial charge is 0.0937 e. The third-order valence-electron chi connectivity index (χ3n) is 3.01. The highest BCUT2D eigenvalue weighted by Crippen LogP contribution is 2.19. The van der Waals surface area contributed by atoms with E-state index in [9.17, 15) is 0 Å². The maximum absolute atomic E-state index is 9.07. The number of nitrogens with two attached hydrogens (primary N) is 1. The van der Waals surface area contributed by atoms with E-state index in [1.165, 1.54) is 0 Å². The molecule has 0 aliphatic carbocycles. The third-order valence-corrected chi connectivity index (χ3v) is 3.01. The van der Waals surface area contributed by atoms with Gasteiger partial charge < -0.3 is 5.73 Å². The van der Waals surface area contributed by atoms with E-state index >= 15 is 0 Å². The lowest BCUT2D eigenvalue weighted by Crippen LogP contribution is -2.16. The summed E-state index contributed by atoms with van der Waals surface area (Å²) in [6.07, 6.45) is 5.48. The number of aromatic nitrogens is 3. The molecule has 2 aromatic heterocycles. The lowest BCUT2D eigenvalue weighted by atomic mass is 9.91. The van der Waals surface area contributed by atoms with Gasteiger partial charge in [-0.1, -0.05) is 6.07 Å². The van der Waals surface area contributed by atoms with Gasteiger partial charge in [-0.3, -0.25) is 9.67 Å². The molecule has 0 fully saturated rings. The maximum atomic E-state index is 9.07. The Kier molecular flexibility index (Phi) is 3.63. The van der Waals surface area contributed by atoms with Crippen LogP contribution in [0.15, 0.2) is 30.7 Å². The second-order valence-corrected chi connectivity index (χ2v) is 5.04. The van der Waals surface area contributed by atoms with Gasteiger partial charge in [0.2, 0.25) is 0 Å². The van der Waals surface area contributed by atoms with Crippen molar-refractivity contribution >= 4 is 0 Å². The normalized spacial score (nSPS) is 11.3. The van der Waals surface area contributed by atoms with E-state index < -0.39 is 5.41 Å². The van der Waals surface area contributed by atoms with Gasteiger partial charge in [-0.2, -0.15) is 10.4 Å². The van der Waals surface area contributed by atoms with Crippen LogP contribution in [0.2, 0.25) is 0 Å². The Bertz CT molecular complexity index is 589. The Labute approximate surface area is 112 Å². The van der Waals surface area contributed by atoms with Crippen LogP contribution in [0.3, 0.4) is 0 Å². The summed E-state index contributed by atoms with van der Waals surface area (Å²) in [7, 11) is 0. The number of hydrogen-bond acceptors (Lipinski definition) is 4. The Balaban J connectivity index is 2.13. The molecule has 0 spiro atoms. The average Bonchev–Trinajstić information content (AvgIpc) is 2.87. The molecule has 5 nitrogen and oxygen atoms in total. The highest BCUT2D eigenvalue weighted by Gasteiger charge is 2.20. The summed E-state index contributed by atoms with van der Waals surface area (Å²) in [5.74, 6) is 0. The van der Waals surface area contributed by atoms with Crippen LogP contribution in [0.5, 0.6) is 0 Å². The topological polar surface area (TPSA) is 80.5 Å². The lowest BCUT2D eigenvalue weighted by Gasteiger charge is -2.14. The molecule has 0 radical (unpaired) electrons. The first kappa shape index (κ1) is 13.2. The van der Waals surface area contributed by atoms with Gasteiger partial charge in [-0.15, -0.1) is 0 Å². The van der Waals surface area contributed by atoms with Crippen molar-refractivity contribution in [2.75, 3.05) is 0 Å². The second kappa shape index (κ2) is 5.21. The monoisotopic (exact) mass is 255 g/mol. The molecule has 19 heavy (non-hydrogen) atoms. The molecule has 0 saturated heterocycles. The van der Waals surface area contributed by atoms with Crippen molar-refractivity contribution in [2.24, 2.45) is 5.73 Å². The molecule has 2 aromatic rings. The van der Waals surface area contributed by atoms with E-state index in [4.69, 9.17) is 11.0 Å². The first-order valence-corrected chi connectivity index (χ1v) is 6.13. The average molecular weight is 255 g/mol. The van der Waals surface area contributed by atoms with Gasteiger partial charge >= 0.3 is 0 Å². The van der Waals surface area contributed by atoms with Crippen molar-refractivity contribution in [3.63, 3.8) is 0 Å². The Morgan fingerprint density at radius 3 is 2.63 bits per heavy atom. The molecule has 0 bridgehead atoms. The molecular formula is C14H17N5. The fraction of sp³-hybridized carbons (Fsp3) is 0.357. The van der Waals surface area contributed by atoms with Crippen LogP contribution in [-0.4, -0.2) is 14.8 Å². The summed E-state index contributed by atoms with van der Waals surface area (Å²) in [5.41, 5.74) is 7.82. The molecule has 0 unspecified atom stereocenters. The fourth-order valence-electron chi connectivity index (χ4n) is 1.73. The molecule has 0 aromatic carbocycles. The molecule has 5 heteroatoms. The quantitative estimate of drug-likeness (QED) is 0.899. The first-order valence-electron chi connectivity index (χ1n) is 6.13. The minimum Gasteiger partial charge on any atom is -0.326 e. The van der Waals surface area contributed by atoms with Crippen molar-refractivity contribution in [3.8, 4) is 6.07 Å². The minimum absolute atomic E-state index is 0.494. The second-order valence-electron chi connectivity index (χ2n) is 5.04. The predicted molar refractivity (Wildman–Crippen MR) is 72.1 cm³/mol. The van der Waals surface area contributed by atoms with Crippen molar-refractivity contribution in [1.29, 1.82) is 5.26 Å². The van der Waals surface area contributed by atoms with Gasteiger partial charge in [-0.05, 0) is 25.5 Å². The molecule has 0 aliphatic heterocycles. The molecule has 0 aliphatic rings. The van der Waals surface area contributed by atoms with Crippen LogP contribution in [0, 0.1) is 11.3 Å². The molecule has 0 atom stereocenters. The highest BCUT2D eigenvalue weighted by atomic mass is 15.3. The summed E-state index contributed by atoms with van der Waals surface area (Å²) in [4.78, 5) is 4.36. The van der Waals surface area contributed by atoms with Gasteiger partial charge in [0.05, 0.1) is 29.9 Å². The van der Waals surface area contributed by atoms with Gasteiger partial charge in [-0.25, -0.2) is 0 Å². The largest absolute Gasteiger partial charge is 0.326 e. The van der Waals surface area contributed by atoms with Gasteiger partial charge in [0, 0.05) is 24.5 Å². The lowest BCUT2D eigenvalue weighted by molar-refractivity contribution is 0.651. The number of nitrogens with zero attached hydrogens (tertiary/aromatic N) is 4. The van der Waals surface area contributed by atoms with Crippen molar-refractivity contribution in [1.82, 2.24) is 14.8 Å².